The van der Waals surface area contributed by atoms with Crippen LogP contribution in [0.4, 0.5) is 0 Å². The zero-order valence-electron chi connectivity index (χ0n) is 1.92. The van der Waals surface area contributed by atoms with Gasteiger partial charge in [-0.2, -0.15) is 0 Å². The summed E-state index contributed by atoms with van der Waals surface area (Å²) in [5, 5.41) is 0. The Kier molecular flexibility index (Phi) is 91.3. The van der Waals surface area contributed by atoms with Crippen LogP contribution in [0.1, 0.15) is 0 Å². The summed E-state index contributed by atoms with van der Waals surface area (Å²) < 4.78 is 8.06. The monoisotopic (exact) mass is 147 g/mol. The number of rotatable bonds is 0. The van der Waals surface area contributed by atoms with Gasteiger partial charge in [0.25, 0.3) is 0 Å². The zero-order valence-corrected chi connectivity index (χ0v) is 6.07. The van der Waals surface area contributed by atoms with Crippen LogP contribution in [0.5, 0.6) is 0 Å². The molecular formula is CaCuOSi. The molecule has 0 unspecified atom stereocenters. The van der Waals surface area contributed by atoms with Crippen LogP contribution < -0.4 is 0 Å². The van der Waals surface area contributed by atoms with Crippen molar-refractivity contribution >= 4 is 47.9 Å². The van der Waals surface area contributed by atoms with Gasteiger partial charge in [-0.1, -0.05) is 0 Å². The van der Waals surface area contributed by atoms with E-state index in [1.165, 1.54) is 0 Å². The van der Waals surface area contributed by atoms with Crippen LogP contribution in [0.2, 0.25) is 0 Å². The number of hydrogen-bond donors (Lipinski definition) is 0. The van der Waals surface area contributed by atoms with Gasteiger partial charge in [0.2, 0.25) is 0 Å². The van der Waals surface area contributed by atoms with Gasteiger partial charge in [0.05, 0.1) is 0 Å². The van der Waals surface area contributed by atoms with Crippen LogP contribution in [0, 0.1) is 0 Å². The van der Waals surface area contributed by atoms with Crippen molar-refractivity contribution in [2.24, 2.45) is 0 Å². The van der Waals surface area contributed by atoms with Gasteiger partial charge >= 0.3 is 10.1 Å². The van der Waals surface area contributed by atoms with E-state index in [1.807, 2.05) is 0 Å². The molecule has 0 aromatic heterocycles. The summed E-state index contributed by atoms with van der Waals surface area (Å²) >= 11 is 0. The van der Waals surface area contributed by atoms with Crippen LogP contribution in [0.25, 0.3) is 0 Å². The van der Waals surface area contributed by atoms with Gasteiger partial charge < -0.3 is 4.46 Å². The molecule has 0 rings (SSSR count). The van der Waals surface area contributed by atoms with Crippen molar-refractivity contribution in [2.45, 2.75) is 0 Å². The molecule has 0 saturated heterocycles. The van der Waals surface area contributed by atoms with Crippen LogP contribution in [-0.2, 0) is 21.5 Å². The molecule has 0 aliphatic carbocycles. The Morgan fingerprint density at radius 3 is 1.25 bits per heavy atom. The topological polar surface area (TPSA) is 17.1 Å². The summed E-state index contributed by atoms with van der Waals surface area (Å²) in [5.41, 5.74) is 0. The van der Waals surface area contributed by atoms with Crippen molar-refractivity contribution in [3.63, 3.8) is 0 Å². The van der Waals surface area contributed by atoms with Crippen molar-refractivity contribution in [3.05, 3.63) is 0 Å². The second-order valence-corrected chi connectivity index (χ2v) is 0. The van der Waals surface area contributed by atoms with Crippen molar-refractivity contribution < 1.29 is 21.5 Å². The van der Waals surface area contributed by atoms with Gasteiger partial charge in [-0.3, -0.25) is 0 Å². The molecule has 0 aromatic carbocycles. The van der Waals surface area contributed by atoms with Gasteiger partial charge in [-0.25, -0.2) is 0 Å². The fourth-order valence-corrected chi connectivity index (χ4v) is 0. The molecule has 0 atom stereocenters. The van der Waals surface area contributed by atoms with Crippen LogP contribution in [0.3, 0.4) is 0 Å². The molecule has 0 amide bonds. The van der Waals surface area contributed by atoms with E-state index in [0.717, 1.165) is 0 Å². The van der Waals surface area contributed by atoms with Crippen molar-refractivity contribution in [1.82, 2.24) is 0 Å². The molecule has 0 aromatic rings. The summed E-state index contributed by atoms with van der Waals surface area (Å²) in [6.45, 7) is 0. The summed E-state index contributed by atoms with van der Waals surface area (Å²) in [5.74, 6) is 0. The fraction of sp³-hybridized carbons (Fsp3) is 0. The molecule has 4 heavy (non-hydrogen) atoms. The van der Waals surface area contributed by atoms with E-state index in [2.05, 4.69) is 0 Å². The maximum Gasteiger partial charge on any atom is 0.381 e. The van der Waals surface area contributed by atoms with Crippen LogP contribution >= 0.6 is 0 Å². The van der Waals surface area contributed by atoms with E-state index < -0.39 is 0 Å². The molecule has 0 fully saturated rings. The normalized spacial score (nSPS) is 1.00. The summed E-state index contributed by atoms with van der Waals surface area (Å²) in [6, 6.07) is 0. The van der Waals surface area contributed by atoms with E-state index in [4.69, 9.17) is 4.46 Å². The summed E-state index contributed by atoms with van der Waals surface area (Å²) in [7, 11) is 1.72. The first-order chi connectivity index (χ1) is 1.00. The average Bonchev–Trinajstić information content (AvgIpc) is 1.00. The minimum Gasteiger partial charge on any atom is -0.381 e. The molecular weight excluding hydrogens is 148 g/mol. The largest absolute Gasteiger partial charge is 0.381 e. The standard InChI is InChI=1S/Ca.Cu.OSi/c;;1-2. The maximum absolute atomic E-state index is 8.06. The number of hydrogen-bond acceptors (Lipinski definition) is 1. The molecule has 0 saturated carbocycles. The molecule has 0 aliphatic rings. The molecule has 0 N–H and O–H groups in total. The quantitative estimate of drug-likeness (QED) is 0.407. The molecule has 23 valence electrons. The van der Waals surface area contributed by atoms with E-state index in [9.17, 15) is 0 Å². The molecule has 4 heteroatoms. The summed E-state index contributed by atoms with van der Waals surface area (Å²) in [4.78, 5) is 0. The minimum absolute atomic E-state index is 0. The zero-order chi connectivity index (χ0) is 2.00. The predicted octanol–water partition coefficient (Wildman–Crippen LogP) is -0.883. The smallest absolute Gasteiger partial charge is 0.381 e. The van der Waals surface area contributed by atoms with Crippen molar-refractivity contribution in [1.29, 1.82) is 0 Å². The molecule has 1 nitrogen and oxygen atoms in total. The summed E-state index contributed by atoms with van der Waals surface area (Å²) in [6.07, 6.45) is 0. The Morgan fingerprint density at radius 2 is 1.25 bits per heavy atom. The predicted molar refractivity (Wildman–Crippen MR) is 12.2 cm³/mol. The third kappa shape index (κ3) is 9.20. The van der Waals surface area contributed by atoms with Gasteiger partial charge in [0.15, 0.2) is 0 Å². The Labute approximate surface area is 68.5 Å². The van der Waals surface area contributed by atoms with E-state index >= 15 is 0 Å². The minimum atomic E-state index is 0. The maximum atomic E-state index is 8.06. The first-order valence-corrected chi connectivity index (χ1v) is 0.612. The molecule has 0 spiro atoms. The van der Waals surface area contributed by atoms with E-state index in [1.54, 1.807) is 10.1 Å². The van der Waals surface area contributed by atoms with E-state index in [0.29, 0.717) is 0 Å². The Hall–Kier alpha value is 1.80. The fourth-order valence-electron chi connectivity index (χ4n) is 0. The molecule has 0 bridgehead atoms. The first kappa shape index (κ1) is 17.1. The van der Waals surface area contributed by atoms with E-state index in [-0.39, 0.29) is 54.8 Å². The Bertz CT molecular complexity index is 8.00. The third-order valence-corrected chi connectivity index (χ3v) is 0. The van der Waals surface area contributed by atoms with Crippen LogP contribution in [-0.4, -0.2) is 47.9 Å². The Balaban J connectivity index is -0.00000000500. The third-order valence-electron chi connectivity index (χ3n) is 0. The molecule has 0 heterocycles. The second-order valence-electron chi connectivity index (χ2n) is 0. The molecule has 5 radical (unpaired) electrons. The van der Waals surface area contributed by atoms with Gasteiger partial charge in [0.1, 0.15) is 0 Å². The van der Waals surface area contributed by atoms with Gasteiger partial charge in [0, 0.05) is 54.8 Å². The second kappa shape index (κ2) is 21.4. The SMILES string of the molecule is O=[Si].[Ca].[Cu]. The average molecular weight is 148 g/mol. The van der Waals surface area contributed by atoms with Gasteiger partial charge in [-0.05, 0) is 0 Å². The van der Waals surface area contributed by atoms with Crippen molar-refractivity contribution in [3.8, 4) is 0 Å². The first-order valence-electron chi connectivity index (χ1n) is 0.204. The van der Waals surface area contributed by atoms with Crippen LogP contribution in [0.15, 0.2) is 0 Å². The Morgan fingerprint density at radius 1 is 1.25 bits per heavy atom. The van der Waals surface area contributed by atoms with Gasteiger partial charge in [-0.15, -0.1) is 0 Å². The molecule has 0 aliphatic heterocycles. The van der Waals surface area contributed by atoms with Crippen molar-refractivity contribution in [2.75, 3.05) is 0 Å².